The predicted molar refractivity (Wildman–Crippen MR) is 104 cm³/mol. The highest BCUT2D eigenvalue weighted by Crippen LogP contribution is 2.33. The lowest BCUT2D eigenvalue weighted by Crippen LogP contribution is -1.95. The van der Waals surface area contributed by atoms with Crippen molar-refractivity contribution in [3.05, 3.63) is 46.5 Å². The Kier molecular flexibility index (Phi) is 6.93. The Morgan fingerprint density at radius 1 is 0.926 bits per heavy atom. The van der Waals surface area contributed by atoms with Gasteiger partial charge in [-0.25, -0.2) is 0 Å². The van der Waals surface area contributed by atoms with Crippen molar-refractivity contribution < 1.29 is 24.5 Å². The van der Waals surface area contributed by atoms with Crippen molar-refractivity contribution in [2.24, 2.45) is 9.98 Å². The molecule has 0 radical (unpaired) electrons. The summed E-state index contributed by atoms with van der Waals surface area (Å²) in [7, 11) is 2.99. The van der Waals surface area contributed by atoms with Crippen LogP contribution in [0.1, 0.15) is 27.0 Å². The number of rotatable bonds is 8. The second-order valence-corrected chi connectivity index (χ2v) is 5.73. The second-order valence-electron chi connectivity index (χ2n) is 5.73. The number of nitrogens with zero attached hydrogens (tertiary/aromatic N) is 2. The highest BCUT2D eigenvalue weighted by Gasteiger charge is 2.09. The fourth-order valence-electron chi connectivity index (χ4n) is 2.42. The molecule has 7 nitrogen and oxygen atoms in total. The first-order chi connectivity index (χ1) is 13.0. The minimum Gasteiger partial charge on any atom is -0.507 e. The fraction of sp³-hybridized carbons (Fsp3) is 0.250. The minimum absolute atomic E-state index is 0.0170. The molecule has 0 spiro atoms. The number of hydrogen-bond donors (Lipinski definition) is 2. The van der Waals surface area contributed by atoms with Crippen LogP contribution in [0.3, 0.4) is 0 Å². The molecule has 2 N–H and O–H groups in total. The van der Waals surface area contributed by atoms with Gasteiger partial charge in [-0.15, -0.1) is 0 Å². The van der Waals surface area contributed by atoms with Gasteiger partial charge < -0.3 is 19.7 Å². The molecule has 2 aromatic rings. The van der Waals surface area contributed by atoms with Crippen molar-refractivity contribution >= 4 is 18.7 Å². The van der Waals surface area contributed by atoms with Gasteiger partial charge in [-0.05, 0) is 30.7 Å². The highest BCUT2D eigenvalue weighted by molar-refractivity contribution is 5.88. The number of aromatic hydroxyl groups is 2. The van der Waals surface area contributed by atoms with E-state index in [0.29, 0.717) is 46.8 Å². The zero-order chi connectivity index (χ0) is 19.8. The molecule has 2 rings (SSSR count). The Balaban J connectivity index is 2.02. The average molecular weight is 370 g/mol. The molecule has 2 aromatic carbocycles. The number of phenols is 2. The summed E-state index contributed by atoms with van der Waals surface area (Å²) in [4.78, 5) is 19.4. The van der Waals surface area contributed by atoms with Crippen LogP contribution in [-0.4, -0.2) is 56.2 Å². The lowest BCUT2D eigenvalue weighted by atomic mass is 10.1. The zero-order valence-corrected chi connectivity index (χ0v) is 15.5. The molecular weight excluding hydrogens is 348 g/mol. The van der Waals surface area contributed by atoms with Crippen LogP contribution in [0.5, 0.6) is 23.0 Å². The van der Waals surface area contributed by atoms with Crippen molar-refractivity contribution in [3.8, 4) is 23.0 Å². The maximum Gasteiger partial charge on any atom is 0.166 e. The third kappa shape index (κ3) is 5.07. The number of aryl methyl sites for hydroxylation is 1. The van der Waals surface area contributed by atoms with Gasteiger partial charge in [0.15, 0.2) is 11.5 Å². The van der Waals surface area contributed by atoms with Gasteiger partial charge in [-0.2, -0.15) is 0 Å². The number of hydrogen-bond acceptors (Lipinski definition) is 7. The van der Waals surface area contributed by atoms with Gasteiger partial charge in [0.1, 0.15) is 17.8 Å². The van der Waals surface area contributed by atoms with E-state index in [1.807, 2.05) is 0 Å². The summed E-state index contributed by atoms with van der Waals surface area (Å²) in [6, 6.07) is 6.41. The maximum absolute atomic E-state index is 10.9. The van der Waals surface area contributed by atoms with E-state index < -0.39 is 0 Å². The summed E-state index contributed by atoms with van der Waals surface area (Å²) in [6.07, 6.45) is 3.75. The molecule has 0 heterocycles. The maximum atomic E-state index is 10.9. The number of aliphatic imine (C=N–C) groups is 2. The van der Waals surface area contributed by atoms with E-state index in [9.17, 15) is 15.0 Å². The number of aldehydes is 1. The molecule has 0 aliphatic carbocycles. The first kappa shape index (κ1) is 20.0. The summed E-state index contributed by atoms with van der Waals surface area (Å²) in [5.74, 6) is 0.928. The van der Waals surface area contributed by atoms with Crippen molar-refractivity contribution in [2.75, 3.05) is 27.3 Å². The first-order valence-corrected chi connectivity index (χ1v) is 8.23. The molecule has 0 unspecified atom stereocenters. The van der Waals surface area contributed by atoms with Crippen LogP contribution in [0.25, 0.3) is 0 Å². The van der Waals surface area contributed by atoms with E-state index in [0.717, 1.165) is 6.29 Å². The van der Waals surface area contributed by atoms with Crippen LogP contribution in [0.2, 0.25) is 0 Å². The van der Waals surface area contributed by atoms with Gasteiger partial charge in [0, 0.05) is 35.2 Å². The Labute approximate surface area is 157 Å². The third-order valence-corrected chi connectivity index (χ3v) is 3.84. The Morgan fingerprint density at radius 2 is 1.56 bits per heavy atom. The van der Waals surface area contributed by atoms with E-state index >= 15 is 0 Å². The molecular formula is C20H22N2O5. The van der Waals surface area contributed by atoms with Crippen molar-refractivity contribution in [3.63, 3.8) is 0 Å². The van der Waals surface area contributed by atoms with Gasteiger partial charge in [0.05, 0.1) is 27.3 Å². The third-order valence-electron chi connectivity index (χ3n) is 3.84. The normalized spacial score (nSPS) is 11.2. The number of ether oxygens (including phenoxy) is 2. The number of phenolic OH excluding ortho intramolecular Hbond substituents is 2. The average Bonchev–Trinajstić information content (AvgIpc) is 2.68. The van der Waals surface area contributed by atoms with E-state index in [-0.39, 0.29) is 11.5 Å². The van der Waals surface area contributed by atoms with Gasteiger partial charge in [0.25, 0.3) is 0 Å². The molecule has 0 saturated heterocycles. The topological polar surface area (TPSA) is 101 Å². The molecule has 7 heteroatoms. The monoisotopic (exact) mass is 370 g/mol. The van der Waals surface area contributed by atoms with Crippen LogP contribution in [0.15, 0.2) is 34.3 Å². The van der Waals surface area contributed by atoms with Gasteiger partial charge >= 0.3 is 0 Å². The van der Waals surface area contributed by atoms with Crippen LogP contribution in [0, 0.1) is 6.92 Å². The molecule has 0 fully saturated rings. The van der Waals surface area contributed by atoms with Crippen LogP contribution >= 0.6 is 0 Å². The van der Waals surface area contributed by atoms with E-state index in [2.05, 4.69) is 9.98 Å². The number of benzene rings is 2. The second kappa shape index (κ2) is 9.38. The Morgan fingerprint density at radius 3 is 2.11 bits per heavy atom. The Hall–Kier alpha value is -3.35. The van der Waals surface area contributed by atoms with Gasteiger partial charge in [-0.3, -0.25) is 14.8 Å². The predicted octanol–water partition coefficient (Wildman–Crippen LogP) is 2.77. The van der Waals surface area contributed by atoms with E-state index in [1.54, 1.807) is 31.2 Å². The van der Waals surface area contributed by atoms with E-state index in [1.165, 1.54) is 26.6 Å². The standard InChI is InChI=1S/C20H22N2O5/c1-13-6-14(12-23)7-15(19(13)24)10-21-4-5-22-11-16-8-17(26-2)9-18(27-3)20(16)25/h6-12,24-25H,4-5H2,1-3H3/b21-10+,22-11+. The van der Waals surface area contributed by atoms with Crippen LogP contribution in [0.4, 0.5) is 0 Å². The lowest BCUT2D eigenvalue weighted by molar-refractivity contribution is 0.112. The number of methoxy groups -OCH3 is 2. The summed E-state index contributed by atoms with van der Waals surface area (Å²) in [5.41, 5.74) is 2.05. The highest BCUT2D eigenvalue weighted by atomic mass is 16.5. The molecule has 27 heavy (non-hydrogen) atoms. The SMILES string of the molecule is COc1cc(/C=N/CC/N=C/c2cc(C=O)cc(C)c2O)c(O)c(OC)c1. The largest absolute Gasteiger partial charge is 0.507 e. The van der Waals surface area contributed by atoms with Crippen molar-refractivity contribution in [1.82, 2.24) is 0 Å². The van der Waals surface area contributed by atoms with Crippen LogP contribution in [-0.2, 0) is 0 Å². The quantitative estimate of drug-likeness (QED) is 0.423. The van der Waals surface area contributed by atoms with E-state index in [4.69, 9.17) is 9.47 Å². The van der Waals surface area contributed by atoms with Crippen molar-refractivity contribution in [2.45, 2.75) is 6.92 Å². The van der Waals surface area contributed by atoms with Crippen LogP contribution < -0.4 is 9.47 Å². The molecule has 0 aliphatic heterocycles. The molecule has 0 bridgehead atoms. The summed E-state index contributed by atoms with van der Waals surface area (Å²) in [6.45, 7) is 2.48. The molecule has 0 aromatic heterocycles. The zero-order valence-electron chi connectivity index (χ0n) is 15.5. The molecule has 142 valence electrons. The smallest absolute Gasteiger partial charge is 0.166 e. The summed E-state index contributed by atoms with van der Waals surface area (Å²) in [5, 5.41) is 20.1. The fourth-order valence-corrected chi connectivity index (χ4v) is 2.42. The molecule has 0 aliphatic rings. The summed E-state index contributed by atoms with van der Waals surface area (Å²) < 4.78 is 10.3. The Bertz CT molecular complexity index is 875. The molecule has 0 atom stereocenters. The lowest BCUT2D eigenvalue weighted by Gasteiger charge is -2.08. The van der Waals surface area contributed by atoms with Crippen molar-refractivity contribution in [1.29, 1.82) is 0 Å². The first-order valence-electron chi connectivity index (χ1n) is 8.23. The van der Waals surface area contributed by atoms with Gasteiger partial charge in [0.2, 0.25) is 0 Å². The minimum atomic E-state index is -0.0170. The summed E-state index contributed by atoms with van der Waals surface area (Å²) >= 11 is 0. The molecule has 0 amide bonds. The van der Waals surface area contributed by atoms with Gasteiger partial charge in [-0.1, -0.05) is 0 Å². The number of carbonyl (C=O) groups is 1. The number of carbonyl (C=O) groups excluding carboxylic acids is 1. The molecule has 0 saturated carbocycles.